The van der Waals surface area contributed by atoms with Gasteiger partial charge in [-0.1, -0.05) is 0 Å². The van der Waals surface area contributed by atoms with Crippen LogP contribution in [-0.2, 0) is 4.79 Å². The highest BCUT2D eigenvalue weighted by atomic mass is 16.4. The summed E-state index contributed by atoms with van der Waals surface area (Å²) in [6.07, 6.45) is 2.98. The number of carboxylic acids is 1. The van der Waals surface area contributed by atoms with Gasteiger partial charge < -0.3 is 20.2 Å². The van der Waals surface area contributed by atoms with E-state index in [-0.39, 0.29) is 18.5 Å². The SMILES string of the molecule is CCN(CCCN(C)C)C(=O)NC(CC(=O)O)C1CC1. The molecule has 6 heteroatoms. The third-order valence-electron chi connectivity index (χ3n) is 3.60. The monoisotopic (exact) mass is 285 g/mol. The van der Waals surface area contributed by atoms with Gasteiger partial charge >= 0.3 is 12.0 Å². The molecule has 2 amide bonds. The third kappa shape index (κ3) is 6.23. The molecular weight excluding hydrogens is 258 g/mol. The van der Waals surface area contributed by atoms with E-state index in [1.807, 2.05) is 21.0 Å². The zero-order valence-corrected chi connectivity index (χ0v) is 12.8. The van der Waals surface area contributed by atoms with Crippen LogP contribution in [0.15, 0.2) is 0 Å². The first-order valence-corrected chi connectivity index (χ1v) is 7.36. The second kappa shape index (κ2) is 8.09. The number of carbonyl (C=O) groups is 2. The van der Waals surface area contributed by atoms with Crippen molar-refractivity contribution in [2.75, 3.05) is 33.7 Å². The van der Waals surface area contributed by atoms with Gasteiger partial charge in [-0.2, -0.15) is 0 Å². The van der Waals surface area contributed by atoms with E-state index in [9.17, 15) is 9.59 Å². The van der Waals surface area contributed by atoms with Gasteiger partial charge in [0.15, 0.2) is 0 Å². The molecule has 0 aliphatic heterocycles. The van der Waals surface area contributed by atoms with Crippen LogP contribution in [0.5, 0.6) is 0 Å². The topological polar surface area (TPSA) is 72.9 Å². The maximum atomic E-state index is 12.2. The Kier molecular flexibility index (Phi) is 6.78. The summed E-state index contributed by atoms with van der Waals surface area (Å²) in [6.45, 7) is 4.22. The predicted octanol–water partition coefficient (Wildman–Crippen LogP) is 1.22. The molecule has 0 saturated heterocycles. The molecule has 1 aliphatic rings. The van der Waals surface area contributed by atoms with E-state index >= 15 is 0 Å². The second-order valence-electron chi connectivity index (χ2n) is 5.73. The molecule has 6 nitrogen and oxygen atoms in total. The summed E-state index contributed by atoms with van der Waals surface area (Å²) in [5, 5.41) is 11.8. The van der Waals surface area contributed by atoms with Crippen molar-refractivity contribution in [1.29, 1.82) is 0 Å². The first-order valence-electron chi connectivity index (χ1n) is 7.36. The summed E-state index contributed by atoms with van der Waals surface area (Å²) in [6, 6.07) is -0.354. The van der Waals surface area contributed by atoms with Gasteiger partial charge in [0, 0.05) is 19.1 Å². The molecule has 0 aromatic heterocycles. The van der Waals surface area contributed by atoms with Crippen LogP contribution in [-0.4, -0.2) is 66.7 Å². The van der Waals surface area contributed by atoms with Gasteiger partial charge in [-0.25, -0.2) is 4.79 Å². The number of aliphatic carboxylic acids is 1. The molecule has 1 unspecified atom stereocenters. The fourth-order valence-corrected chi connectivity index (χ4v) is 2.25. The Balaban J connectivity index is 2.41. The molecule has 20 heavy (non-hydrogen) atoms. The number of nitrogens with zero attached hydrogens (tertiary/aromatic N) is 2. The molecule has 0 aromatic carbocycles. The van der Waals surface area contributed by atoms with Gasteiger partial charge in [0.1, 0.15) is 0 Å². The normalized spacial score (nSPS) is 16.0. The number of hydrogen-bond donors (Lipinski definition) is 2. The molecule has 0 heterocycles. The summed E-state index contributed by atoms with van der Waals surface area (Å²) >= 11 is 0. The van der Waals surface area contributed by atoms with Gasteiger partial charge in [-0.3, -0.25) is 4.79 Å². The van der Waals surface area contributed by atoms with Crippen molar-refractivity contribution in [3.05, 3.63) is 0 Å². The minimum Gasteiger partial charge on any atom is -0.481 e. The molecule has 0 bridgehead atoms. The van der Waals surface area contributed by atoms with E-state index in [1.165, 1.54) is 0 Å². The van der Waals surface area contributed by atoms with Crippen LogP contribution < -0.4 is 5.32 Å². The van der Waals surface area contributed by atoms with Crippen LogP contribution in [0.1, 0.15) is 32.6 Å². The van der Waals surface area contributed by atoms with Gasteiger partial charge in [-0.05, 0) is 52.7 Å². The average Bonchev–Trinajstić information content (AvgIpc) is 3.16. The maximum absolute atomic E-state index is 12.2. The lowest BCUT2D eigenvalue weighted by Gasteiger charge is -2.25. The smallest absolute Gasteiger partial charge is 0.317 e. The molecule has 0 radical (unpaired) electrons. The van der Waals surface area contributed by atoms with E-state index < -0.39 is 5.97 Å². The molecule has 1 atom stereocenters. The summed E-state index contributed by atoms with van der Waals surface area (Å²) in [5.41, 5.74) is 0. The largest absolute Gasteiger partial charge is 0.481 e. The van der Waals surface area contributed by atoms with Gasteiger partial charge in [0.25, 0.3) is 0 Å². The number of urea groups is 1. The summed E-state index contributed by atoms with van der Waals surface area (Å²) in [4.78, 5) is 26.9. The quantitative estimate of drug-likeness (QED) is 0.668. The van der Waals surface area contributed by atoms with E-state index in [0.29, 0.717) is 19.0 Å². The standard InChI is InChI=1S/C14H27N3O3/c1-4-17(9-5-8-16(2)3)14(20)15-12(10-13(18)19)11-6-7-11/h11-12H,4-10H2,1-3H3,(H,15,20)(H,18,19). The van der Waals surface area contributed by atoms with Crippen molar-refractivity contribution < 1.29 is 14.7 Å². The molecule has 1 saturated carbocycles. The second-order valence-corrected chi connectivity index (χ2v) is 5.73. The van der Waals surface area contributed by atoms with E-state index in [2.05, 4.69) is 10.2 Å². The third-order valence-corrected chi connectivity index (χ3v) is 3.60. The molecule has 1 rings (SSSR count). The van der Waals surface area contributed by atoms with Crippen LogP contribution in [0.2, 0.25) is 0 Å². The summed E-state index contributed by atoms with van der Waals surface area (Å²) < 4.78 is 0. The average molecular weight is 285 g/mol. The Morgan fingerprint density at radius 3 is 2.40 bits per heavy atom. The number of hydrogen-bond acceptors (Lipinski definition) is 3. The lowest BCUT2D eigenvalue weighted by Crippen LogP contribution is -2.47. The zero-order chi connectivity index (χ0) is 15.1. The summed E-state index contributed by atoms with van der Waals surface area (Å²) in [7, 11) is 4.01. The number of carbonyl (C=O) groups excluding carboxylic acids is 1. The molecule has 1 fully saturated rings. The zero-order valence-electron chi connectivity index (χ0n) is 12.8. The van der Waals surface area contributed by atoms with Crippen molar-refractivity contribution >= 4 is 12.0 Å². The first kappa shape index (κ1) is 16.8. The van der Waals surface area contributed by atoms with Crippen molar-refractivity contribution in [2.45, 2.75) is 38.6 Å². The van der Waals surface area contributed by atoms with Gasteiger partial charge in [0.05, 0.1) is 6.42 Å². The van der Waals surface area contributed by atoms with Crippen LogP contribution in [0.25, 0.3) is 0 Å². The highest BCUT2D eigenvalue weighted by Gasteiger charge is 2.34. The van der Waals surface area contributed by atoms with Gasteiger partial charge in [-0.15, -0.1) is 0 Å². The van der Waals surface area contributed by atoms with E-state index in [0.717, 1.165) is 25.8 Å². The first-order chi connectivity index (χ1) is 9.43. The van der Waals surface area contributed by atoms with Crippen LogP contribution in [0.3, 0.4) is 0 Å². The molecule has 0 aromatic rings. The molecule has 0 spiro atoms. The highest BCUT2D eigenvalue weighted by Crippen LogP contribution is 2.34. The minimum atomic E-state index is -0.849. The maximum Gasteiger partial charge on any atom is 0.317 e. The highest BCUT2D eigenvalue weighted by molar-refractivity contribution is 5.76. The molecule has 1 aliphatic carbocycles. The Hall–Kier alpha value is -1.30. The fourth-order valence-electron chi connectivity index (χ4n) is 2.25. The van der Waals surface area contributed by atoms with Crippen molar-refractivity contribution in [1.82, 2.24) is 15.1 Å². The van der Waals surface area contributed by atoms with Crippen molar-refractivity contribution in [3.63, 3.8) is 0 Å². The Bertz CT molecular complexity index is 330. The van der Waals surface area contributed by atoms with Crippen LogP contribution >= 0.6 is 0 Å². The number of amides is 2. The predicted molar refractivity (Wildman–Crippen MR) is 77.7 cm³/mol. The Morgan fingerprint density at radius 1 is 1.30 bits per heavy atom. The molecule has 2 N–H and O–H groups in total. The lowest BCUT2D eigenvalue weighted by atomic mass is 10.1. The minimum absolute atomic E-state index is 0.0195. The van der Waals surface area contributed by atoms with Crippen LogP contribution in [0, 0.1) is 5.92 Å². The number of carboxylic acid groups (broad SMARTS) is 1. The fraction of sp³-hybridized carbons (Fsp3) is 0.857. The van der Waals surface area contributed by atoms with E-state index in [4.69, 9.17) is 5.11 Å². The summed E-state index contributed by atoms with van der Waals surface area (Å²) in [5.74, 6) is -0.506. The Labute approximate surface area is 121 Å². The van der Waals surface area contributed by atoms with Crippen molar-refractivity contribution in [3.8, 4) is 0 Å². The lowest BCUT2D eigenvalue weighted by molar-refractivity contribution is -0.137. The van der Waals surface area contributed by atoms with E-state index in [1.54, 1.807) is 4.90 Å². The molecular formula is C14H27N3O3. The van der Waals surface area contributed by atoms with Crippen LogP contribution in [0.4, 0.5) is 4.79 Å². The number of nitrogens with one attached hydrogen (secondary N) is 1. The Morgan fingerprint density at radius 2 is 1.95 bits per heavy atom. The van der Waals surface area contributed by atoms with Gasteiger partial charge in [0.2, 0.25) is 0 Å². The molecule has 116 valence electrons. The number of rotatable bonds is 9. The van der Waals surface area contributed by atoms with Crippen molar-refractivity contribution in [2.24, 2.45) is 5.92 Å².